The third kappa shape index (κ3) is 4.77. The normalized spacial score (nSPS) is 11.2. The fourth-order valence-electron chi connectivity index (χ4n) is 1.59. The van der Waals surface area contributed by atoms with E-state index in [0.29, 0.717) is 18.5 Å². The van der Waals surface area contributed by atoms with E-state index in [1.54, 1.807) is 0 Å². The van der Waals surface area contributed by atoms with Crippen molar-refractivity contribution in [3.05, 3.63) is 35.1 Å². The Morgan fingerprint density at radius 2 is 1.65 bits per heavy atom. The van der Waals surface area contributed by atoms with E-state index in [1.807, 2.05) is 0 Å². The van der Waals surface area contributed by atoms with Gasteiger partial charge in [-0.25, -0.2) is 13.2 Å². The molecule has 0 saturated carbocycles. The number of halogens is 3. The van der Waals surface area contributed by atoms with Gasteiger partial charge in [0.15, 0.2) is 11.6 Å². The van der Waals surface area contributed by atoms with Crippen molar-refractivity contribution in [2.45, 2.75) is 39.2 Å². The molecule has 1 rings (SSSR count). The molecule has 0 bridgehead atoms. The molecule has 0 radical (unpaired) electrons. The molecule has 0 aromatic heterocycles. The van der Waals surface area contributed by atoms with Crippen LogP contribution in [-0.4, -0.2) is 12.6 Å². The van der Waals surface area contributed by atoms with Crippen molar-refractivity contribution in [2.75, 3.05) is 6.54 Å². The maximum atomic E-state index is 13.2. The second-order valence-corrected chi connectivity index (χ2v) is 4.42. The van der Waals surface area contributed by atoms with Gasteiger partial charge in [-0.3, -0.25) is 0 Å². The standard InChI is InChI=1S/C13H18F3N/c1-9(2)17-6-4-3-5-10-7-12(15)13(16)8-11(10)14/h7-9,17H,3-6H2,1-2H3. The van der Waals surface area contributed by atoms with Gasteiger partial charge in [0.2, 0.25) is 0 Å². The second-order valence-electron chi connectivity index (χ2n) is 4.42. The summed E-state index contributed by atoms with van der Waals surface area (Å²) < 4.78 is 38.8. The zero-order valence-corrected chi connectivity index (χ0v) is 10.2. The van der Waals surface area contributed by atoms with Crippen LogP contribution in [0.5, 0.6) is 0 Å². The molecule has 0 aliphatic carbocycles. The quantitative estimate of drug-likeness (QED) is 0.598. The molecule has 1 N–H and O–H groups in total. The first-order valence-corrected chi connectivity index (χ1v) is 5.87. The summed E-state index contributed by atoms with van der Waals surface area (Å²) in [7, 11) is 0. The predicted octanol–water partition coefficient (Wildman–Crippen LogP) is 3.42. The maximum Gasteiger partial charge on any atom is 0.161 e. The van der Waals surface area contributed by atoms with Crippen LogP contribution < -0.4 is 5.32 Å². The lowest BCUT2D eigenvalue weighted by Crippen LogP contribution is -2.23. The summed E-state index contributed by atoms with van der Waals surface area (Å²) >= 11 is 0. The van der Waals surface area contributed by atoms with E-state index in [0.717, 1.165) is 25.5 Å². The molecule has 1 nitrogen and oxygen atoms in total. The second kappa shape index (κ2) is 6.64. The Balaban J connectivity index is 2.39. The molecule has 0 aliphatic rings. The van der Waals surface area contributed by atoms with Crippen molar-refractivity contribution >= 4 is 0 Å². The Hall–Kier alpha value is -1.03. The van der Waals surface area contributed by atoms with Gasteiger partial charge in [0.25, 0.3) is 0 Å². The molecular formula is C13H18F3N. The van der Waals surface area contributed by atoms with Gasteiger partial charge < -0.3 is 5.32 Å². The number of hydrogen-bond donors (Lipinski definition) is 1. The van der Waals surface area contributed by atoms with E-state index >= 15 is 0 Å². The zero-order valence-electron chi connectivity index (χ0n) is 10.2. The van der Waals surface area contributed by atoms with Gasteiger partial charge in [0.05, 0.1) is 0 Å². The van der Waals surface area contributed by atoms with Gasteiger partial charge in [-0.05, 0) is 37.4 Å². The highest BCUT2D eigenvalue weighted by Gasteiger charge is 2.09. The predicted molar refractivity (Wildman–Crippen MR) is 62.4 cm³/mol. The number of aryl methyl sites for hydroxylation is 1. The Morgan fingerprint density at radius 3 is 2.29 bits per heavy atom. The molecule has 0 atom stereocenters. The average Bonchev–Trinajstić information content (AvgIpc) is 2.24. The molecule has 96 valence electrons. The van der Waals surface area contributed by atoms with Crippen LogP contribution in [0.15, 0.2) is 12.1 Å². The van der Waals surface area contributed by atoms with Gasteiger partial charge in [-0.1, -0.05) is 13.8 Å². The van der Waals surface area contributed by atoms with Crippen LogP contribution in [0.2, 0.25) is 0 Å². The molecule has 4 heteroatoms. The third-order valence-corrected chi connectivity index (χ3v) is 2.51. The lowest BCUT2D eigenvalue weighted by molar-refractivity contribution is 0.487. The SMILES string of the molecule is CC(C)NCCCCc1cc(F)c(F)cc1F. The summed E-state index contributed by atoms with van der Waals surface area (Å²) in [4.78, 5) is 0. The van der Waals surface area contributed by atoms with Crippen LogP contribution in [0.25, 0.3) is 0 Å². The number of benzene rings is 1. The molecule has 1 aromatic rings. The first-order valence-electron chi connectivity index (χ1n) is 5.87. The topological polar surface area (TPSA) is 12.0 Å². The Labute approximate surface area is 100 Å². The molecule has 0 aliphatic heterocycles. The average molecular weight is 245 g/mol. The summed E-state index contributed by atoms with van der Waals surface area (Å²) in [6.45, 7) is 4.95. The Bertz CT molecular complexity index is 364. The minimum absolute atomic E-state index is 0.244. The summed E-state index contributed by atoms with van der Waals surface area (Å²) in [5, 5.41) is 3.24. The molecule has 0 saturated heterocycles. The molecule has 1 aromatic carbocycles. The van der Waals surface area contributed by atoms with E-state index < -0.39 is 17.5 Å². The fourth-order valence-corrected chi connectivity index (χ4v) is 1.59. The highest BCUT2D eigenvalue weighted by molar-refractivity contribution is 5.20. The van der Waals surface area contributed by atoms with E-state index in [-0.39, 0.29) is 5.56 Å². The molecule has 0 unspecified atom stereocenters. The van der Waals surface area contributed by atoms with Crippen molar-refractivity contribution < 1.29 is 13.2 Å². The smallest absolute Gasteiger partial charge is 0.161 e. The zero-order chi connectivity index (χ0) is 12.8. The number of unbranched alkanes of at least 4 members (excludes halogenated alkanes) is 1. The van der Waals surface area contributed by atoms with E-state index in [9.17, 15) is 13.2 Å². The van der Waals surface area contributed by atoms with Crippen LogP contribution in [0.3, 0.4) is 0 Å². The molecule has 0 fully saturated rings. The largest absolute Gasteiger partial charge is 0.315 e. The van der Waals surface area contributed by atoms with Crippen molar-refractivity contribution in [1.82, 2.24) is 5.32 Å². The van der Waals surface area contributed by atoms with Gasteiger partial charge in [-0.2, -0.15) is 0 Å². The van der Waals surface area contributed by atoms with Gasteiger partial charge in [0.1, 0.15) is 5.82 Å². The lowest BCUT2D eigenvalue weighted by Gasteiger charge is -2.08. The highest BCUT2D eigenvalue weighted by Crippen LogP contribution is 2.15. The summed E-state index contributed by atoms with van der Waals surface area (Å²) in [5.74, 6) is -2.78. The molecule has 17 heavy (non-hydrogen) atoms. The van der Waals surface area contributed by atoms with Gasteiger partial charge >= 0.3 is 0 Å². The molecule has 0 amide bonds. The van der Waals surface area contributed by atoms with Crippen LogP contribution >= 0.6 is 0 Å². The molecule has 0 heterocycles. The maximum absolute atomic E-state index is 13.2. The van der Waals surface area contributed by atoms with E-state index in [1.165, 1.54) is 0 Å². The van der Waals surface area contributed by atoms with Crippen molar-refractivity contribution in [3.63, 3.8) is 0 Å². The summed E-state index contributed by atoms with van der Waals surface area (Å²) in [5.41, 5.74) is 0.244. The lowest BCUT2D eigenvalue weighted by atomic mass is 10.1. The van der Waals surface area contributed by atoms with Crippen molar-refractivity contribution in [3.8, 4) is 0 Å². The first kappa shape index (κ1) is 14.0. The van der Waals surface area contributed by atoms with Crippen LogP contribution in [0.1, 0.15) is 32.3 Å². The Kier molecular flexibility index (Phi) is 5.48. The monoisotopic (exact) mass is 245 g/mol. The number of rotatable bonds is 6. The van der Waals surface area contributed by atoms with E-state index in [4.69, 9.17) is 0 Å². The summed E-state index contributed by atoms with van der Waals surface area (Å²) in [6.07, 6.45) is 2.07. The van der Waals surface area contributed by atoms with Gasteiger partial charge in [-0.15, -0.1) is 0 Å². The van der Waals surface area contributed by atoms with Crippen LogP contribution in [0, 0.1) is 17.5 Å². The Morgan fingerprint density at radius 1 is 1.00 bits per heavy atom. The van der Waals surface area contributed by atoms with E-state index in [2.05, 4.69) is 19.2 Å². The molecule has 0 spiro atoms. The van der Waals surface area contributed by atoms with Crippen molar-refractivity contribution in [2.24, 2.45) is 0 Å². The highest BCUT2D eigenvalue weighted by atomic mass is 19.2. The minimum atomic E-state index is -1.13. The molecular weight excluding hydrogens is 227 g/mol. The van der Waals surface area contributed by atoms with Crippen LogP contribution in [-0.2, 0) is 6.42 Å². The third-order valence-electron chi connectivity index (χ3n) is 2.51. The number of hydrogen-bond acceptors (Lipinski definition) is 1. The minimum Gasteiger partial charge on any atom is -0.315 e. The first-order chi connectivity index (χ1) is 8.00. The fraction of sp³-hybridized carbons (Fsp3) is 0.538. The van der Waals surface area contributed by atoms with Gasteiger partial charge in [0, 0.05) is 12.1 Å². The number of nitrogens with one attached hydrogen (secondary N) is 1. The summed E-state index contributed by atoms with van der Waals surface area (Å²) in [6, 6.07) is 1.98. The van der Waals surface area contributed by atoms with Crippen molar-refractivity contribution in [1.29, 1.82) is 0 Å². The van der Waals surface area contributed by atoms with Crippen LogP contribution in [0.4, 0.5) is 13.2 Å².